The second kappa shape index (κ2) is 11.8. The number of methoxy groups -OCH3 is 1. The van der Waals surface area contributed by atoms with E-state index in [0.29, 0.717) is 18.1 Å². The van der Waals surface area contributed by atoms with E-state index in [4.69, 9.17) is 4.74 Å². The highest BCUT2D eigenvalue weighted by Crippen LogP contribution is 2.11. The Kier molecular flexibility index (Phi) is 10.1. The first-order chi connectivity index (χ1) is 11.7. The molecule has 0 saturated carbocycles. The Balaban J connectivity index is 0.00000312. The molecule has 1 aromatic carbocycles. The molecule has 8 heteroatoms. The molecule has 0 amide bonds. The third-order valence-electron chi connectivity index (χ3n) is 3.51. The van der Waals surface area contributed by atoms with Crippen LogP contribution in [0.3, 0.4) is 0 Å². The van der Waals surface area contributed by atoms with E-state index >= 15 is 0 Å². The van der Waals surface area contributed by atoms with Crippen LogP contribution in [0.25, 0.3) is 0 Å². The van der Waals surface area contributed by atoms with Crippen LogP contribution >= 0.6 is 24.0 Å². The van der Waals surface area contributed by atoms with Gasteiger partial charge in [0, 0.05) is 51.7 Å². The predicted molar refractivity (Wildman–Crippen MR) is 108 cm³/mol. The Hall–Kier alpha value is -1.68. The van der Waals surface area contributed by atoms with Gasteiger partial charge in [0.2, 0.25) is 0 Å². The molecule has 0 bridgehead atoms. The van der Waals surface area contributed by atoms with E-state index in [1.807, 2.05) is 16.9 Å². The third kappa shape index (κ3) is 7.39. The SMILES string of the molecule is CN=C(NCCCn1cccn1)NCc1ccc(F)c(COC)c1.I. The van der Waals surface area contributed by atoms with Gasteiger partial charge in [0.15, 0.2) is 5.96 Å². The second-order valence-corrected chi connectivity index (χ2v) is 5.33. The van der Waals surface area contributed by atoms with Crippen molar-refractivity contribution in [3.8, 4) is 0 Å². The molecule has 1 aromatic heterocycles. The van der Waals surface area contributed by atoms with E-state index in [-0.39, 0.29) is 36.4 Å². The summed E-state index contributed by atoms with van der Waals surface area (Å²) in [5, 5.41) is 10.6. The fourth-order valence-corrected chi connectivity index (χ4v) is 2.29. The summed E-state index contributed by atoms with van der Waals surface area (Å²) in [7, 11) is 3.28. The summed E-state index contributed by atoms with van der Waals surface area (Å²) in [5.74, 6) is 0.467. The van der Waals surface area contributed by atoms with Crippen LogP contribution in [-0.4, -0.2) is 36.4 Å². The summed E-state index contributed by atoms with van der Waals surface area (Å²) in [6.45, 7) is 2.48. The molecule has 2 aromatic rings. The van der Waals surface area contributed by atoms with Gasteiger partial charge >= 0.3 is 0 Å². The van der Waals surface area contributed by atoms with Crippen molar-refractivity contribution in [2.45, 2.75) is 26.1 Å². The lowest BCUT2D eigenvalue weighted by Gasteiger charge is -2.13. The largest absolute Gasteiger partial charge is 0.380 e. The van der Waals surface area contributed by atoms with Gasteiger partial charge in [0.25, 0.3) is 0 Å². The minimum atomic E-state index is -0.248. The monoisotopic (exact) mass is 461 g/mol. The van der Waals surface area contributed by atoms with Crippen LogP contribution in [0.4, 0.5) is 4.39 Å². The normalized spacial score (nSPS) is 11.1. The minimum absolute atomic E-state index is 0. The van der Waals surface area contributed by atoms with Crippen molar-refractivity contribution >= 4 is 29.9 Å². The maximum atomic E-state index is 13.6. The summed E-state index contributed by atoms with van der Waals surface area (Å²) in [6, 6.07) is 6.93. The molecule has 25 heavy (non-hydrogen) atoms. The Morgan fingerprint density at radius 1 is 1.36 bits per heavy atom. The molecule has 0 unspecified atom stereocenters. The van der Waals surface area contributed by atoms with Gasteiger partial charge in [0.05, 0.1) is 6.61 Å². The molecule has 0 aliphatic carbocycles. The Morgan fingerprint density at radius 3 is 2.88 bits per heavy atom. The zero-order chi connectivity index (χ0) is 17.2. The molecule has 0 radical (unpaired) electrons. The van der Waals surface area contributed by atoms with Crippen LogP contribution in [0.1, 0.15) is 17.5 Å². The van der Waals surface area contributed by atoms with Crippen LogP contribution in [0.15, 0.2) is 41.7 Å². The lowest BCUT2D eigenvalue weighted by molar-refractivity contribution is 0.181. The fourth-order valence-electron chi connectivity index (χ4n) is 2.29. The van der Waals surface area contributed by atoms with Crippen LogP contribution in [0.2, 0.25) is 0 Å². The topological polar surface area (TPSA) is 63.5 Å². The Labute approximate surface area is 164 Å². The lowest BCUT2D eigenvalue weighted by Crippen LogP contribution is -2.37. The number of halogens is 2. The van der Waals surface area contributed by atoms with Crippen molar-refractivity contribution in [1.82, 2.24) is 20.4 Å². The lowest BCUT2D eigenvalue weighted by atomic mass is 10.1. The van der Waals surface area contributed by atoms with Gasteiger partial charge in [-0.1, -0.05) is 6.07 Å². The molecule has 6 nitrogen and oxygen atoms in total. The molecule has 0 spiro atoms. The number of aromatic nitrogens is 2. The van der Waals surface area contributed by atoms with E-state index in [2.05, 4.69) is 20.7 Å². The van der Waals surface area contributed by atoms with E-state index in [9.17, 15) is 4.39 Å². The zero-order valence-corrected chi connectivity index (χ0v) is 16.9. The second-order valence-electron chi connectivity index (χ2n) is 5.33. The quantitative estimate of drug-likeness (QED) is 0.275. The third-order valence-corrected chi connectivity index (χ3v) is 3.51. The van der Waals surface area contributed by atoms with Gasteiger partial charge in [-0.3, -0.25) is 9.67 Å². The Morgan fingerprint density at radius 2 is 2.20 bits per heavy atom. The highest BCUT2D eigenvalue weighted by molar-refractivity contribution is 14.0. The predicted octanol–water partition coefficient (Wildman–Crippen LogP) is 2.54. The standard InChI is InChI=1S/C17H24FN5O.HI/c1-19-17(20-7-3-9-23-10-4-8-22-23)21-12-14-5-6-16(18)15(11-14)13-24-2;/h4-6,8,10-11H,3,7,9,12-13H2,1-2H3,(H2,19,20,21);1H. The number of rotatable bonds is 8. The average Bonchev–Trinajstić information content (AvgIpc) is 3.10. The first kappa shape index (κ1) is 21.4. The minimum Gasteiger partial charge on any atom is -0.380 e. The molecular weight excluding hydrogens is 436 g/mol. The van der Waals surface area contributed by atoms with Gasteiger partial charge in [0.1, 0.15) is 5.82 Å². The van der Waals surface area contributed by atoms with Crippen LogP contribution in [-0.2, 0) is 24.4 Å². The number of benzene rings is 1. The molecule has 1 heterocycles. The number of guanidine groups is 1. The number of ether oxygens (including phenoxy) is 1. The van der Waals surface area contributed by atoms with Crippen molar-refractivity contribution in [1.29, 1.82) is 0 Å². The fraction of sp³-hybridized carbons (Fsp3) is 0.412. The smallest absolute Gasteiger partial charge is 0.191 e. The van der Waals surface area contributed by atoms with Gasteiger partial charge in [-0.05, 0) is 30.2 Å². The van der Waals surface area contributed by atoms with Crippen molar-refractivity contribution in [3.63, 3.8) is 0 Å². The van der Waals surface area contributed by atoms with E-state index < -0.39 is 0 Å². The van der Waals surface area contributed by atoms with Gasteiger partial charge in [-0.25, -0.2) is 4.39 Å². The van der Waals surface area contributed by atoms with Crippen molar-refractivity contribution in [3.05, 3.63) is 53.6 Å². The molecule has 138 valence electrons. The highest BCUT2D eigenvalue weighted by atomic mass is 127. The summed E-state index contributed by atoms with van der Waals surface area (Å²) < 4.78 is 20.5. The van der Waals surface area contributed by atoms with Crippen molar-refractivity contribution in [2.24, 2.45) is 4.99 Å². The van der Waals surface area contributed by atoms with E-state index in [0.717, 1.165) is 25.1 Å². The Bertz CT molecular complexity index is 648. The number of hydrogen-bond donors (Lipinski definition) is 2. The molecule has 0 atom stereocenters. The van der Waals surface area contributed by atoms with E-state index in [1.54, 1.807) is 32.5 Å². The van der Waals surface area contributed by atoms with Crippen LogP contribution in [0.5, 0.6) is 0 Å². The summed E-state index contributed by atoms with van der Waals surface area (Å²) in [6.07, 6.45) is 4.66. The number of aliphatic imine (C=N–C) groups is 1. The van der Waals surface area contributed by atoms with Crippen molar-refractivity contribution < 1.29 is 9.13 Å². The van der Waals surface area contributed by atoms with Crippen LogP contribution < -0.4 is 10.6 Å². The van der Waals surface area contributed by atoms with Gasteiger partial charge < -0.3 is 15.4 Å². The number of aryl methyl sites for hydroxylation is 1. The van der Waals surface area contributed by atoms with Crippen molar-refractivity contribution in [2.75, 3.05) is 20.7 Å². The summed E-state index contributed by atoms with van der Waals surface area (Å²) >= 11 is 0. The van der Waals surface area contributed by atoms with E-state index in [1.165, 1.54) is 6.07 Å². The molecule has 0 aliphatic heterocycles. The zero-order valence-electron chi connectivity index (χ0n) is 14.5. The average molecular weight is 461 g/mol. The molecule has 0 saturated heterocycles. The van der Waals surface area contributed by atoms with Gasteiger partial charge in [-0.2, -0.15) is 5.10 Å². The highest BCUT2D eigenvalue weighted by Gasteiger charge is 2.04. The van der Waals surface area contributed by atoms with Gasteiger partial charge in [-0.15, -0.1) is 24.0 Å². The first-order valence-corrected chi connectivity index (χ1v) is 7.91. The summed E-state index contributed by atoms with van der Waals surface area (Å²) in [4.78, 5) is 4.19. The number of nitrogens with one attached hydrogen (secondary N) is 2. The molecule has 2 rings (SSSR count). The molecule has 0 fully saturated rings. The maximum Gasteiger partial charge on any atom is 0.191 e. The molecule has 2 N–H and O–H groups in total. The number of nitrogens with zero attached hydrogens (tertiary/aromatic N) is 3. The van der Waals surface area contributed by atoms with Crippen LogP contribution in [0, 0.1) is 5.82 Å². The summed E-state index contributed by atoms with van der Waals surface area (Å²) in [5.41, 5.74) is 1.53. The maximum absolute atomic E-state index is 13.6. The number of hydrogen-bond acceptors (Lipinski definition) is 3. The molecular formula is C17H25FIN5O. The molecule has 0 aliphatic rings. The first-order valence-electron chi connectivity index (χ1n) is 7.91.